The van der Waals surface area contributed by atoms with Gasteiger partial charge in [-0.1, -0.05) is 11.6 Å². The number of benzene rings is 1. The van der Waals surface area contributed by atoms with E-state index in [1.54, 1.807) is 12.1 Å². The highest BCUT2D eigenvalue weighted by molar-refractivity contribution is 6.00. The lowest BCUT2D eigenvalue weighted by molar-refractivity contribution is -0.138. The summed E-state index contributed by atoms with van der Waals surface area (Å²) < 4.78 is 5.58. The van der Waals surface area contributed by atoms with Crippen molar-refractivity contribution in [3.05, 3.63) is 29.3 Å². The normalized spacial score (nSPS) is 18.9. The Hall–Kier alpha value is -2.17. The Morgan fingerprint density at radius 1 is 1.37 bits per heavy atom. The fourth-order valence-corrected chi connectivity index (χ4v) is 1.96. The molecule has 1 aromatic carbocycles. The number of Topliss-reactive ketones (excluding diaryl/α,β-unsaturated/α-hetero) is 1. The second-order valence-electron chi connectivity index (χ2n) is 4.61. The quantitative estimate of drug-likeness (QED) is 0.659. The minimum absolute atomic E-state index is 0.119. The Morgan fingerprint density at radius 2 is 2.11 bits per heavy atom. The van der Waals surface area contributed by atoms with Crippen LogP contribution in [0.25, 0.3) is 0 Å². The highest BCUT2D eigenvalue weighted by Crippen LogP contribution is 2.23. The Kier molecular flexibility index (Phi) is 3.64. The maximum absolute atomic E-state index is 11.6. The van der Waals surface area contributed by atoms with E-state index in [1.165, 1.54) is 6.92 Å². The van der Waals surface area contributed by atoms with Gasteiger partial charge >= 0.3 is 0 Å². The predicted molar refractivity (Wildman–Crippen MR) is 68.0 cm³/mol. The average Bonchev–Trinajstić information content (AvgIpc) is 2.34. The molecule has 0 aromatic heterocycles. The largest absolute Gasteiger partial charge is 0.480 e. The Bertz CT molecular complexity index is 550. The van der Waals surface area contributed by atoms with Crippen LogP contribution >= 0.6 is 0 Å². The Morgan fingerprint density at radius 3 is 2.74 bits per heavy atom. The first-order valence-electron chi connectivity index (χ1n) is 6.09. The number of carbonyl (C=O) groups is 3. The van der Waals surface area contributed by atoms with Gasteiger partial charge in [-0.3, -0.25) is 19.7 Å². The van der Waals surface area contributed by atoms with Gasteiger partial charge in [-0.15, -0.1) is 0 Å². The Labute approximate surface area is 110 Å². The molecule has 2 rings (SSSR count). The lowest BCUT2D eigenvalue weighted by atomic mass is 10.1. The number of hydrogen-bond acceptors (Lipinski definition) is 4. The SMILES string of the molecule is CC(=O)c1cc(C)ccc1OC1CCC(=O)NC1=O. The molecule has 0 radical (unpaired) electrons. The highest BCUT2D eigenvalue weighted by atomic mass is 16.5. The summed E-state index contributed by atoms with van der Waals surface area (Å²) in [6, 6.07) is 5.22. The van der Waals surface area contributed by atoms with Gasteiger partial charge < -0.3 is 4.74 Å². The molecule has 100 valence electrons. The third-order valence-corrected chi connectivity index (χ3v) is 2.97. The van der Waals surface area contributed by atoms with Crippen LogP contribution in [0.3, 0.4) is 0 Å². The molecule has 1 atom stereocenters. The molecule has 1 aliphatic heterocycles. The number of ketones is 1. The first-order valence-corrected chi connectivity index (χ1v) is 6.09. The van der Waals surface area contributed by atoms with E-state index in [1.807, 2.05) is 13.0 Å². The number of imide groups is 1. The summed E-state index contributed by atoms with van der Waals surface area (Å²) in [7, 11) is 0. The van der Waals surface area contributed by atoms with Crippen LogP contribution in [-0.2, 0) is 9.59 Å². The number of aryl methyl sites for hydroxylation is 1. The molecule has 0 aliphatic carbocycles. The fourth-order valence-electron chi connectivity index (χ4n) is 1.96. The maximum Gasteiger partial charge on any atom is 0.267 e. The van der Waals surface area contributed by atoms with E-state index in [0.717, 1.165) is 5.56 Å². The van der Waals surface area contributed by atoms with Crippen molar-refractivity contribution in [3.63, 3.8) is 0 Å². The van der Waals surface area contributed by atoms with Gasteiger partial charge in [0.1, 0.15) is 5.75 Å². The lowest BCUT2D eigenvalue weighted by Crippen LogP contribution is -2.46. The summed E-state index contributed by atoms with van der Waals surface area (Å²) >= 11 is 0. The molecule has 0 saturated carbocycles. The number of ether oxygens (including phenoxy) is 1. The van der Waals surface area contributed by atoms with Crippen LogP contribution in [0.15, 0.2) is 18.2 Å². The van der Waals surface area contributed by atoms with Crippen molar-refractivity contribution in [2.45, 2.75) is 32.8 Å². The van der Waals surface area contributed by atoms with Gasteiger partial charge in [-0.2, -0.15) is 0 Å². The molecule has 1 aliphatic rings. The van der Waals surface area contributed by atoms with Gasteiger partial charge in [-0.25, -0.2) is 0 Å². The van der Waals surface area contributed by atoms with E-state index >= 15 is 0 Å². The van der Waals surface area contributed by atoms with Gasteiger partial charge in [0, 0.05) is 12.8 Å². The molecule has 1 saturated heterocycles. The van der Waals surface area contributed by atoms with Crippen LogP contribution in [-0.4, -0.2) is 23.7 Å². The Balaban J connectivity index is 2.21. The zero-order valence-corrected chi connectivity index (χ0v) is 10.9. The van der Waals surface area contributed by atoms with E-state index in [4.69, 9.17) is 4.74 Å². The molecule has 1 unspecified atom stereocenters. The zero-order valence-electron chi connectivity index (χ0n) is 10.9. The molecule has 1 heterocycles. The second-order valence-corrected chi connectivity index (χ2v) is 4.61. The van der Waals surface area contributed by atoms with Gasteiger partial charge in [0.05, 0.1) is 5.56 Å². The molecular weight excluding hydrogens is 246 g/mol. The standard InChI is InChI=1S/C14H15NO4/c1-8-3-4-11(10(7-8)9(2)16)19-12-5-6-13(17)15-14(12)18/h3-4,7,12H,5-6H2,1-2H3,(H,15,17,18). The van der Waals surface area contributed by atoms with E-state index in [-0.39, 0.29) is 18.1 Å². The van der Waals surface area contributed by atoms with Crippen molar-refractivity contribution < 1.29 is 19.1 Å². The molecular formula is C14H15NO4. The van der Waals surface area contributed by atoms with Gasteiger partial charge in [0.25, 0.3) is 5.91 Å². The molecule has 19 heavy (non-hydrogen) atoms. The molecule has 1 aromatic rings. The van der Waals surface area contributed by atoms with Crippen molar-refractivity contribution in [3.8, 4) is 5.75 Å². The number of hydrogen-bond donors (Lipinski definition) is 1. The van der Waals surface area contributed by atoms with E-state index < -0.39 is 12.0 Å². The predicted octanol–water partition coefficient (Wildman–Crippen LogP) is 1.38. The van der Waals surface area contributed by atoms with Crippen LogP contribution in [0.2, 0.25) is 0 Å². The molecule has 2 amide bonds. The van der Waals surface area contributed by atoms with Crippen LogP contribution < -0.4 is 10.1 Å². The first-order chi connectivity index (χ1) is 8.97. The van der Waals surface area contributed by atoms with E-state index in [9.17, 15) is 14.4 Å². The van der Waals surface area contributed by atoms with Crippen LogP contribution in [0.5, 0.6) is 5.75 Å². The number of amides is 2. The molecule has 5 heteroatoms. The second kappa shape index (κ2) is 5.22. The number of carbonyl (C=O) groups excluding carboxylic acids is 3. The summed E-state index contributed by atoms with van der Waals surface area (Å²) in [5.74, 6) is -0.481. The van der Waals surface area contributed by atoms with Crippen molar-refractivity contribution in [2.24, 2.45) is 0 Å². The monoisotopic (exact) mass is 261 g/mol. The highest BCUT2D eigenvalue weighted by Gasteiger charge is 2.29. The molecule has 0 spiro atoms. The van der Waals surface area contributed by atoms with Crippen molar-refractivity contribution >= 4 is 17.6 Å². The van der Waals surface area contributed by atoms with Crippen LogP contribution in [0.1, 0.15) is 35.7 Å². The maximum atomic E-state index is 11.6. The average molecular weight is 261 g/mol. The topological polar surface area (TPSA) is 72.5 Å². The van der Waals surface area contributed by atoms with Crippen molar-refractivity contribution in [2.75, 3.05) is 0 Å². The summed E-state index contributed by atoms with van der Waals surface area (Å²) in [4.78, 5) is 34.2. The summed E-state index contributed by atoms with van der Waals surface area (Å²) in [6.07, 6.45) is -0.147. The molecule has 1 N–H and O–H groups in total. The molecule has 1 fully saturated rings. The van der Waals surface area contributed by atoms with E-state index in [0.29, 0.717) is 17.7 Å². The first kappa shape index (κ1) is 13.3. The van der Waals surface area contributed by atoms with Crippen molar-refractivity contribution in [1.29, 1.82) is 0 Å². The van der Waals surface area contributed by atoms with Gasteiger partial charge in [-0.05, 0) is 26.0 Å². The smallest absolute Gasteiger partial charge is 0.267 e. The summed E-state index contributed by atoms with van der Waals surface area (Å²) in [6.45, 7) is 3.33. The van der Waals surface area contributed by atoms with Gasteiger partial charge in [0.15, 0.2) is 11.9 Å². The summed E-state index contributed by atoms with van der Waals surface area (Å²) in [5.41, 5.74) is 1.39. The van der Waals surface area contributed by atoms with E-state index in [2.05, 4.69) is 5.32 Å². The third kappa shape index (κ3) is 2.99. The third-order valence-electron chi connectivity index (χ3n) is 2.97. The van der Waals surface area contributed by atoms with Crippen LogP contribution in [0.4, 0.5) is 0 Å². The van der Waals surface area contributed by atoms with Crippen LogP contribution in [0, 0.1) is 6.92 Å². The summed E-state index contributed by atoms with van der Waals surface area (Å²) in [5, 5.41) is 2.22. The number of rotatable bonds is 3. The molecule has 0 bridgehead atoms. The van der Waals surface area contributed by atoms with Gasteiger partial charge in [0.2, 0.25) is 5.91 Å². The molecule has 5 nitrogen and oxygen atoms in total. The minimum Gasteiger partial charge on any atom is -0.480 e. The fraction of sp³-hybridized carbons (Fsp3) is 0.357. The number of nitrogens with one attached hydrogen (secondary N) is 1. The zero-order chi connectivity index (χ0) is 14.0. The van der Waals surface area contributed by atoms with Crippen molar-refractivity contribution in [1.82, 2.24) is 5.32 Å². The lowest BCUT2D eigenvalue weighted by Gasteiger charge is -2.23. The minimum atomic E-state index is -0.724. The number of piperidine rings is 1.